The van der Waals surface area contributed by atoms with Crippen molar-refractivity contribution in [1.29, 1.82) is 0 Å². The van der Waals surface area contributed by atoms with Crippen molar-refractivity contribution in [3.05, 3.63) is 58.6 Å². The molecule has 1 atom stereocenters. The molecule has 1 aromatic heterocycles. The number of benzene rings is 1. The average molecular weight is 268 g/mol. The maximum atomic E-state index is 12.7. The summed E-state index contributed by atoms with van der Waals surface area (Å²) in [6.07, 6.45) is 0.114. The normalized spacial score (nSPS) is 12.2. The van der Waals surface area contributed by atoms with Crippen LogP contribution in [0.4, 0.5) is 4.39 Å². The van der Waals surface area contributed by atoms with Crippen molar-refractivity contribution < 1.29 is 14.2 Å². The molecule has 1 N–H and O–H groups in total. The third-order valence-corrected chi connectivity index (χ3v) is 2.83. The SMILES string of the molecule is COc1cc(C(O)c2ccc(F)cn2)ccc1Cl. The number of halogens is 2. The lowest BCUT2D eigenvalue weighted by atomic mass is 10.1. The topological polar surface area (TPSA) is 42.4 Å². The third kappa shape index (κ3) is 2.60. The van der Waals surface area contributed by atoms with Crippen LogP contribution in [0.2, 0.25) is 5.02 Å². The van der Waals surface area contributed by atoms with E-state index in [1.54, 1.807) is 18.2 Å². The van der Waals surface area contributed by atoms with Gasteiger partial charge in [0.1, 0.15) is 17.7 Å². The minimum Gasteiger partial charge on any atom is -0.495 e. The van der Waals surface area contributed by atoms with E-state index in [-0.39, 0.29) is 0 Å². The molecule has 2 aromatic rings. The molecule has 18 heavy (non-hydrogen) atoms. The molecule has 0 spiro atoms. The van der Waals surface area contributed by atoms with E-state index < -0.39 is 11.9 Å². The first kappa shape index (κ1) is 12.8. The van der Waals surface area contributed by atoms with Crippen LogP contribution in [0.1, 0.15) is 17.4 Å². The van der Waals surface area contributed by atoms with Crippen LogP contribution in [0.5, 0.6) is 5.75 Å². The van der Waals surface area contributed by atoms with Crippen LogP contribution in [-0.4, -0.2) is 17.2 Å². The lowest BCUT2D eigenvalue weighted by Crippen LogP contribution is -2.02. The van der Waals surface area contributed by atoms with E-state index in [1.165, 1.54) is 19.2 Å². The summed E-state index contributed by atoms with van der Waals surface area (Å²) in [6, 6.07) is 7.60. The lowest BCUT2D eigenvalue weighted by Gasteiger charge is -2.12. The predicted octanol–water partition coefficient (Wildman–Crippen LogP) is 2.96. The van der Waals surface area contributed by atoms with Crippen LogP contribution in [0.25, 0.3) is 0 Å². The molecule has 1 aromatic carbocycles. The summed E-state index contributed by atoms with van der Waals surface area (Å²) in [6.45, 7) is 0. The van der Waals surface area contributed by atoms with Crippen molar-refractivity contribution in [3.63, 3.8) is 0 Å². The lowest BCUT2D eigenvalue weighted by molar-refractivity contribution is 0.214. The van der Waals surface area contributed by atoms with Gasteiger partial charge in [-0.05, 0) is 29.8 Å². The Bertz CT molecular complexity index is 545. The summed E-state index contributed by atoms with van der Waals surface area (Å²) >= 11 is 5.90. The van der Waals surface area contributed by atoms with E-state index in [9.17, 15) is 9.50 Å². The molecular formula is C13H11ClFNO2. The number of methoxy groups -OCH3 is 1. The molecule has 0 saturated carbocycles. The first-order valence-corrected chi connectivity index (χ1v) is 5.62. The minimum atomic E-state index is -0.947. The van der Waals surface area contributed by atoms with Crippen molar-refractivity contribution >= 4 is 11.6 Å². The quantitative estimate of drug-likeness (QED) is 0.930. The summed E-state index contributed by atoms with van der Waals surface area (Å²) < 4.78 is 17.8. The molecule has 0 fully saturated rings. The monoisotopic (exact) mass is 267 g/mol. The second kappa shape index (κ2) is 5.33. The van der Waals surface area contributed by atoms with Gasteiger partial charge in [-0.3, -0.25) is 4.98 Å². The van der Waals surface area contributed by atoms with Gasteiger partial charge in [-0.1, -0.05) is 17.7 Å². The minimum absolute atomic E-state index is 0.362. The molecule has 0 saturated heterocycles. The van der Waals surface area contributed by atoms with Crippen molar-refractivity contribution in [2.75, 3.05) is 7.11 Å². The molecule has 1 unspecified atom stereocenters. The highest BCUT2D eigenvalue weighted by Crippen LogP contribution is 2.29. The number of nitrogens with zero attached hydrogens (tertiary/aromatic N) is 1. The van der Waals surface area contributed by atoms with Crippen LogP contribution in [0.3, 0.4) is 0 Å². The number of hydrogen-bond donors (Lipinski definition) is 1. The number of ether oxygens (including phenoxy) is 1. The molecule has 0 bridgehead atoms. The molecule has 3 nitrogen and oxygen atoms in total. The van der Waals surface area contributed by atoms with Gasteiger partial charge in [0.15, 0.2) is 0 Å². The van der Waals surface area contributed by atoms with Gasteiger partial charge in [-0.25, -0.2) is 4.39 Å². The molecule has 0 amide bonds. The van der Waals surface area contributed by atoms with Gasteiger partial charge < -0.3 is 9.84 Å². The van der Waals surface area contributed by atoms with Crippen LogP contribution >= 0.6 is 11.6 Å². The van der Waals surface area contributed by atoms with Gasteiger partial charge >= 0.3 is 0 Å². The van der Waals surface area contributed by atoms with Gasteiger partial charge in [-0.15, -0.1) is 0 Å². The average Bonchev–Trinajstić information content (AvgIpc) is 2.39. The fourth-order valence-electron chi connectivity index (χ4n) is 1.57. The molecule has 0 aliphatic heterocycles. The van der Waals surface area contributed by atoms with E-state index >= 15 is 0 Å². The summed E-state index contributed by atoms with van der Waals surface area (Å²) in [5.74, 6) is 0.0231. The molecular weight excluding hydrogens is 257 g/mol. The number of rotatable bonds is 3. The molecule has 1 heterocycles. The Kier molecular flexibility index (Phi) is 3.79. The van der Waals surface area contributed by atoms with Crippen LogP contribution < -0.4 is 4.74 Å². The number of hydrogen-bond acceptors (Lipinski definition) is 3. The zero-order valence-electron chi connectivity index (χ0n) is 9.60. The maximum absolute atomic E-state index is 12.7. The Labute approximate surface area is 109 Å². The van der Waals surface area contributed by atoms with Gasteiger partial charge in [0, 0.05) is 0 Å². The first-order valence-electron chi connectivity index (χ1n) is 5.25. The number of pyridine rings is 1. The standard InChI is InChI=1S/C13H11ClFNO2/c1-18-12-6-8(2-4-10(12)14)13(17)11-5-3-9(15)7-16-11/h2-7,13,17H,1H3. The Morgan fingerprint density at radius 1 is 1.33 bits per heavy atom. The van der Waals surface area contributed by atoms with Crippen LogP contribution in [-0.2, 0) is 0 Å². The maximum Gasteiger partial charge on any atom is 0.141 e. The zero-order valence-corrected chi connectivity index (χ0v) is 10.4. The molecule has 0 aliphatic carbocycles. The fraction of sp³-hybridized carbons (Fsp3) is 0.154. The van der Waals surface area contributed by atoms with Gasteiger partial charge in [0.25, 0.3) is 0 Å². The Balaban J connectivity index is 2.33. The second-order valence-corrected chi connectivity index (χ2v) is 4.11. The van der Waals surface area contributed by atoms with Crippen LogP contribution in [0, 0.1) is 5.82 Å². The highest BCUT2D eigenvalue weighted by Gasteiger charge is 2.14. The van der Waals surface area contributed by atoms with Gasteiger partial charge in [0.2, 0.25) is 0 Å². The van der Waals surface area contributed by atoms with Crippen molar-refractivity contribution in [2.45, 2.75) is 6.10 Å². The van der Waals surface area contributed by atoms with Gasteiger partial charge in [0.05, 0.1) is 24.0 Å². The largest absolute Gasteiger partial charge is 0.495 e. The Morgan fingerprint density at radius 3 is 2.72 bits per heavy atom. The Hall–Kier alpha value is -1.65. The second-order valence-electron chi connectivity index (χ2n) is 3.70. The third-order valence-electron chi connectivity index (χ3n) is 2.52. The summed E-state index contributed by atoms with van der Waals surface area (Å²) in [7, 11) is 1.49. The molecule has 2 rings (SSSR count). The fourth-order valence-corrected chi connectivity index (χ4v) is 1.76. The molecule has 0 aliphatic rings. The zero-order chi connectivity index (χ0) is 13.1. The van der Waals surface area contributed by atoms with E-state index in [1.807, 2.05) is 0 Å². The molecule has 5 heteroatoms. The van der Waals surface area contributed by atoms with Crippen molar-refractivity contribution in [3.8, 4) is 5.75 Å². The summed E-state index contributed by atoms with van der Waals surface area (Å²) in [5.41, 5.74) is 0.941. The highest BCUT2D eigenvalue weighted by atomic mass is 35.5. The summed E-state index contributed by atoms with van der Waals surface area (Å²) in [4.78, 5) is 3.83. The predicted molar refractivity (Wildman–Crippen MR) is 66.3 cm³/mol. The van der Waals surface area contributed by atoms with Crippen LogP contribution in [0.15, 0.2) is 36.5 Å². The first-order chi connectivity index (χ1) is 8.61. The van der Waals surface area contributed by atoms with E-state index in [0.717, 1.165) is 6.20 Å². The van der Waals surface area contributed by atoms with E-state index in [0.29, 0.717) is 22.0 Å². The molecule has 94 valence electrons. The number of aliphatic hydroxyl groups excluding tert-OH is 1. The Morgan fingerprint density at radius 2 is 2.11 bits per heavy atom. The molecule has 0 radical (unpaired) electrons. The smallest absolute Gasteiger partial charge is 0.141 e. The van der Waals surface area contributed by atoms with Crippen molar-refractivity contribution in [2.24, 2.45) is 0 Å². The summed E-state index contributed by atoms with van der Waals surface area (Å²) in [5, 5.41) is 10.6. The number of aliphatic hydroxyl groups is 1. The van der Waals surface area contributed by atoms with E-state index in [4.69, 9.17) is 16.3 Å². The van der Waals surface area contributed by atoms with Crippen molar-refractivity contribution in [1.82, 2.24) is 4.98 Å². The van der Waals surface area contributed by atoms with Gasteiger partial charge in [-0.2, -0.15) is 0 Å². The number of aromatic nitrogens is 1. The highest BCUT2D eigenvalue weighted by molar-refractivity contribution is 6.32. The van der Waals surface area contributed by atoms with E-state index in [2.05, 4.69) is 4.98 Å².